The molecule has 5 heteroatoms. The van der Waals surface area contributed by atoms with Gasteiger partial charge in [0.25, 0.3) is 0 Å². The average molecular weight is 310 g/mol. The van der Waals surface area contributed by atoms with Crippen LogP contribution in [0.2, 0.25) is 0 Å². The maximum Gasteiger partial charge on any atom is 0.240 e. The van der Waals surface area contributed by atoms with Crippen molar-refractivity contribution in [1.29, 1.82) is 0 Å². The lowest BCUT2D eigenvalue weighted by molar-refractivity contribution is 0.538. The summed E-state index contributed by atoms with van der Waals surface area (Å²) in [5, 5.41) is 3.10. The van der Waals surface area contributed by atoms with Crippen LogP contribution in [-0.4, -0.2) is 21.5 Å². The van der Waals surface area contributed by atoms with Gasteiger partial charge in [0, 0.05) is 12.6 Å². The van der Waals surface area contributed by atoms with E-state index in [2.05, 4.69) is 23.9 Å². The van der Waals surface area contributed by atoms with Crippen molar-refractivity contribution < 1.29 is 8.42 Å². The molecule has 0 heterocycles. The van der Waals surface area contributed by atoms with Gasteiger partial charge in [-0.25, -0.2) is 13.1 Å². The third-order valence-electron chi connectivity index (χ3n) is 4.25. The van der Waals surface area contributed by atoms with Gasteiger partial charge in [-0.05, 0) is 61.9 Å². The van der Waals surface area contributed by atoms with Crippen molar-refractivity contribution in [3.05, 3.63) is 29.3 Å². The summed E-state index contributed by atoms with van der Waals surface area (Å²) in [6, 6.07) is 5.54. The largest absolute Gasteiger partial charge is 0.316 e. The van der Waals surface area contributed by atoms with Gasteiger partial charge in [-0.15, -0.1) is 0 Å². The first kappa shape index (κ1) is 16.5. The van der Waals surface area contributed by atoms with E-state index in [0.717, 1.165) is 31.2 Å². The van der Waals surface area contributed by atoms with E-state index in [0.29, 0.717) is 17.4 Å². The molecule has 0 amide bonds. The Kier molecular flexibility index (Phi) is 5.41. The fourth-order valence-electron chi connectivity index (χ4n) is 3.07. The van der Waals surface area contributed by atoms with Crippen LogP contribution in [0.15, 0.2) is 23.1 Å². The average Bonchev–Trinajstić information content (AvgIpc) is 2.83. The molecule has 118 valence electrons. The summed E-state index contributed by atoms with van der Waals surface area (Å²) >= 11 is 0. The van der Waals surface area contributed by atoms with Crippen molar-refractivity contribution in [2.24, 2.45) is 5.92 Å². The van der Waals surface area contributed by atoms with Crippen LogP contribution >= 0.6 is 0 Å². The lowest BCUT2D eigenvalue weighted by Gasteiger charge is -2.15. The molecule has 2 rings (SSSR count). The minimum atomic E-state index is -3.41. The third kappa shape index (κ3) is 4.05. The Hall–Kier alpha value is -0.910. The lowest BCUT2D eigenvalue weighted by atomic mass is 10.1. The Balaban J connectivity index is 2.21. The molecule has 1 saturated carbocycles. The quantitative estimate of drug-likeness (QED) is 0.848. The molecule has 0 bridgehead atoms. The number of hydrogen-bond donors (Lipinski definition) is 2. The first-order valence-corrected chi connectivity index (χ1v) is 9.23. The van der Waals surface area contributed by atoms with E-state index in [4.69, 9.17) is 0 Å². The lowest BCUT2D eigenvalue weighted by Crippen LogP contribution is -2.33. The van der Waals surface area contributed by atoms with Crippen molar-refractivity contribution in [2.45, 2.75) is 57.0 Å². The number of sulfonamides is 1. The van der Waals surface area contributed by atoms with Crippen LogP contribution < -0.4 is 10.0 Å². The van der Waals surface area contributed by atoms with Crippen LogP contribution in [0.4, 0.5) is 0 Å². The first-order valence-electron chi connectivity index (χ1n) is 7.75. The smallest absolute Gasteiger partial charge is 0.240 e. The topological polar surface area (TPSA) is 58.2 Å². The summed E-state index contributed by atoms with van der Waals surface area (Å²) in [5.41, 5.74) is 2.25. The molecule has 21 heavy (non-hydrogen) atoms. The summed E-state index contributed by atoms with van der Waals surface area (Å²) < 4.78 is 27.9. The van der Waals surface area contributed by atoms with E-state index < -0.39 is 10.0 Å². The molecule has 1 fully saturated rings. The summed E-state index contributed by atoms with van der Waals surface area (Å²) in [4.78, 5) is 0.379. The zero-order valence-corrected chi connectivity index (χ0v) is 14.0. The summed E-state index contributed by atoms with van der Waals surface area (Å²) in [7, 11) is -1.54. The fourth-order valence-corrected chi connectivity index (χ4v) is 4.40. The van der Waals surface area contributed by atoms with Crippen LogP contribution in [0.3, 0.4) is 0 Å². The zero-order chi connectivity index (χ0) is 15.5. The molecule has 0 saturated heterocycles. The molecule has 0 aromatic heterocycles. The number of rotatable bonds is 6. The van der Waals surface area contributed by atoms with Crippen LogP contribution in [0.1, 0.15) is 44.2 Å². The fraction of sp³-hybridized carbons (Fsp3) is 0.625. The van der Waals surface area contributed by atoms with Gasteiger partial charge in [-0.2, -0.15) is 0 Å². The molecule has 1 aromatic rings. The Labute approximate surface area is 128 Å². The van der Waals surface area contributed by atoms with Crippen LogP contribution in [-0.2, 0) is 23.0 Å². The SMILES string of the molecule is CCc1ccc(S(=O)(=O)NC2CCC(C)C2)cc1CNC. The highest BCUT2D eigenvalue weighted by Gasteiger charge is 2.26. The van der Waals surface area contributed by atoms with Crippen molar-refractivity contribution in [1.82, 2.24) is 10.0 Å². The third-order valence-corrected chi connectivity index (χ3v) is 5.77. The van der Waals surface area contributed by atoms with Crippen molar-refractivity contribution in [3.8, 4) is 0 Å². The van der Waals surface area contributed by atoms with Gasteiger partial charge >= 0.3 is 0 Å². The Morgan fingerprint density at radius 3 is 2.57 bits per heavy atom. The van der Waals surface area contributed by atoms with E-state index in [-0.39, 0.29) is 6.04 Å². The molecular formula is C16H26N2O2S. The normalized spacial score (nSPS) is 22.6. The van der Waals surface area contributed by atoms with Gasteiger partial charge in [-0.1, -0.05) is 19.9 Å². The van der Waals surface area contributed by atoms with Gasteiger partial charge in [0.05, 0.1) is 4.90 Å². The van der Waals surface area contributed by atoms with Crippen LogP contribution in [0.5, 0.6) is 0 Å². The van der Waals surface area contributed by atoms with E-state index in [9.17, 15) is 8.42 Å². The molecule has 2 N–H and O–H groups in total. The second kappa shape index (κ2) is 6.90. The molecule has 1 aliphatic carbocycles. The Bertz CT molecular complexity index is 584. The highest BCUT2D eigenvalue weighted by molar-refractivity contribution is 7.89. The molecule has 1 aliphatic rings. The van der Waals surface area contributed by atoms with Gasteiger partial charge in [0.15, 0.2) is 0 Å². The van der Waals surface area contributed by atoms with Gasteiger partial charge in [0.2, 0.25) is 10.0 Å². The van der Waals surface area contributed by atoms with Gasteiger partial charge in [0.1, 0.15) is 0 Å². The number of hydrogen-bond acceptors (Lipinski definition) is 3. The molecule has 0 radical (unpaired) electrons. The molecule has 2 unspecified atom stereocenters. The summed E-state index contributed by atoms with van der Waals surface area (Å²) in [6.07, 6.45) is 3.89. The van der Waals surface area contributed by atoms with Crippen molar-refractivity contribution in [3.63, 3.8) is 0 Å². The van der Waals surface area contributed by atoms with E-state index in [1.165, 1.54) is 5.56 Å². The minimum absolute atomic E-state index is 0.0867. The maximum absolute atomic E-state index is 12.5. The molecule has 1 aromatic carbocycles. The van der Waals surface area contributed by atoms with E-state index in [1.807, 2.05) is 13.1 Å². The highest BCUT2D eigenvalue weighted by atomic mass is 32.2. The Morgan fingerprint density at radius 1 is 1.24 bits per heavy atom. The maximum atomic E-state index is 12.5. The van der Waals surface area contributed by atoms with E-state index >= 15 is 0 Å². The number of nitrogens with one attached hydrogen (secondary N) is 2. The van der Waals surface area contributed by atoms with Crippen LogP contribution in [0.25, 0.3) is 0 Å². The van der Waals surface area contributed by atoms with Gasteiger partial charge in [-0.3, -0.25) is 0 Å². The second-order valence-electron chi connectivity index (χ2n) is 6.05. The molecule has 0 aliphatic heterocycles. The first-order chi connectivity index (χ1) is 9.96. The predicted molar refractivity (Wildman–Crippen MR) is 85.7 cm³/mol. The highest BCUT2D eigenvalue weighted by Crippen LogP contribution is 2.26. The molecule has 2 atom stereocenters. The summed E-state index contributed by atoms with van der Waals surface area (Å²) in [5.74, 6) is 0.611. The number of aryl methyl sites for hydroxylation is 1. The van der Waals surface area contributed by atoms with Gasteiger partial charge < -0.3 is 5.32 Å². The monoisotopic (exact) mass is 310 g/mol. The zero-order valence-electron chi connectivity index (χ0n) is 13.1. The molecule has 0 spiro atoms. The number of benzene rings is 1. The Morgan fingerprint density at radius 2 is 2.00 bits per heavy atom. The molecule has 4 nitrogen and oxygen atoms in total. The predicted octanol–water partition coefficient (Wildman–Crippen LogP) is 2.44. The minimum Gasteiger partial charge on any atom is -0.316 e. The van der Waals surface area contributed by atoms with Crippen molar-refractivity contribution in [2.75, 3.05) is 7.05 Å². The van der Waals surface area contributed by atoms with E-state index in [1.54, 1.807) is 12.1 Å². The molecular weight excluding hydrogens is 284 g/mol. The van der Waals surface area contributed by atoms with Crippen LogP contribution in [0, 0.1) is 5.92 Å². The summed E-state index contributed by atoms with van der Waals surface area (Å²) in [6.45, 7) is 4.95. The van der Waals surface area contributed by atoms with Crippen molar-refractivity contribution >= 4 is 10.0 Å². The second-order valence-corrected chi connectivity index (χ2v) is 7.76. The standard InChI is InChI=1S/C16H26N2O2S/c1-4-13-6-8-16(10-14(13)11-17-3)21(19,20)18-15-7-5-12(2)9-15/h6,8,10,12,15,17-18H,4-5,7,9,11H2,1-3H3.